The van der Waals surface area contributed by atoms with Gasteiger partial charge in [0.2, 0.25) is 0 Å². The number of aromatic nitrogens is 4. The van der Waals surface area contributed by atoms with Crippen LogP contribution in [0.25, 0.3) is 5.82 Å². The molecule has 0 radical (unpaired) electrons. The number of imidazole rings is 1. The molecule has 0 amide bonds. The quantitative estimate of drug-likeness (QED) is 0.842. The van der Waals surface area contributed by atoms with E-state index in [9.17, 15) is 0 Å². The SMILES string of the molecule is CCCNc1ncnc(-n2ccnc2CCC)c1CC. The van der Waals surface area contributed by atoms with Crippen molar-refractivity contribution in [3.63, 3.8) is 0 Å². The van der Waals surface area contributed by atoms with Gasteiger partial charge in [-0.2, -0.15) is 0 Å². The van der Waals surface area contributed by atoms with Crippen molar-refractivity contribution in [2.45, 2.75) is 46.5 Å². The third-order valence-corrected chi connectivity index (χ3v) is 3.24. The van der Waals surface area contributed by atoms with Gasteiger partial charge in [0, 0.05) is 30.9 Å². The largest absolute Gasteiger partial charge is 0.370 e. The first kappa shape index (κ1) is 14.5. The smallest absolute Gasteiger partial charge is 0.146 e. The van der Waals surface area contributed by atoms with Gasteiger partial charge in [0.05, 0.1) is 0 Å². The zero-order valence-electron chi connectivity index (χ0n) is 12.6. The lowest BCUT2D eigenvalue weighted by Gasteiger charge is -2.14. The molecule has 0 fully saturated rings. The molecule has 20 heavy (non-hydrogen) atoms. The van der Waals surface area contributed by atoms with Crippen molar-refractivity contribution in [3.05, 3.63) is 30.1 Å². The van der Waals surface area contributed by atoms with Gasteiger partial charge in [-0.25, -0.2) is 15.0 Å². The van der Waals surface area contributed by atoms with Gasteiger partial charge in [-0.05, 0) is 19.3 Å². The minimum atomic E-state index is 0.895. The Kier molecular flexibility index (Phi) is 5.09. The monoisotopic (exact) mass is 273 g/mol. The van der Waals surface area contributed by atoms with Crippen LogP contribution in [0.4, 0.5) is 5.82 Å². The molecule has 0 aromatic carbocycles. The fourth-order valence-corrected chi connectivity index (χ4v) is 2.27. The van der Waals surface area contributed by atoms with Crippen molar-refractivity contribution in [1.29, 1.82) is 0 Å². The zero-order valence-corrected chi connectivity index (χ0v) is 12.6. The molecule has 2 rings (SSSR count). The summed E-state index contributed by atoms with van der Waals surface area (Å²) in [6.45, 7) is 7.37. The highest BCUT2D eigenvalue weighted by Crippen LogP contribution is 2.21. The summed E-state index contributed by atoms with van der Waals surface area (Å²) in [5.41, 5.74) is 1.15. The first-order valence-electron chi connectivity index (χ1n) is 7.42. The highest BCUT2D eigenvalue weighted by molar-refractivity contribution is 5.52. The molecular formula is C15H23N5. The van der Waals surface area contributed by atoms with Crippen LogP contribution >= 0.6 is 0 Å². The van der Waals surface area contributed by atoms with Gasteiger partial charge in [0.1, 0.15) is 23.8 Å². The zero-order chi connectivity index (χ0) is 14.4. The molecular weight excluding hydrogens is 250 g/mol. The van der Waals surface area contributed by atoms with Crippen molar-refractivity contribution in [1.82, 2.24) is 19.5 Å². The maximum Gasteiger partial charge on any atom is 0.146 e. The maximum atomic E-state index is 4.48. The van der Waals surface area contributed by atoms with Gasteiger partial charge in [0.25, 0.3) is 0 Å². The van der Waals surface area contributed by atoms with Crippen molar-refractivity contribution in [3.8, 4) is 5.82 Å². The Morgan fingerprint density at radius 2 is 1.95 bits per heavy atom. The Bertz CT molecular complexity index is 547. The molecule has 0 saturated carbocycles. The molecule has 0 unspecified atom stereocenters. The lowest BCUT2D eigenvalue weighted by Crippen LogP contribution is -2.11. The molecule has 108 valence electrons. The summed E-state index contributed by atoms with van der Waals surface area (Å²) in [5, 5.41) is 3.38. The third kappa shape index (κ3) is 2.98. The molecule has 0 bridgehead atoms. The van der Waals surface area contributed by atoms with Crippen molar-refractivity contribution in [2.24, 2.45) is 0 Å². The highest BCUT2D eigenvalue weighted by Gasteiger charge is 2.13. The van der Waals surface area contributed by atoms with E-state index in [1.807, 2.05) is 12.4 Å². The lowest BCUT2D eigenvalue weighted by atomic mass is 10.2. The predicted octanol–water partition coefficient (Wildman–Crippen LogP) is 3.00. The topological polar surface area (TPSA) is 55.6 Å². The van der Waals surface area contributed by atoms with Crippen LogP contribution in [-0.4, -0.2) is 26.1 Å². The highest BCUT2D eigenvalue weighted by atomic mass is 15.1. The van der Waals surface area contributed by atoms with E-state index in [-0.39, 0.29) is 0 Å². The normalized spacial score (nSPS) is 10.8. The van der Waals surface area contributed by atoms with Gasteiger partial charge in [-0.15, -0.1) is 0 Å². The summed E-state index contributed by atoms with van der Waals surface area (Å²) in [6, 6.07) is 0. The number of nitrogens with zero attached hydrogens (tertiary/aromatic N) is 4. The number of rotatable bonds is 7. The van der Waals surface area contributed by atoms with Crippen LogP contribution < -0.4 is 5.32 Å². The lowest BCUT2D eigenvalue weighted by molar-refractivity contribution is 0.787. The summed E-state index contributed by atoms with van der Waals surface area (Å²) in [6.07, 6.45) is 9.45. The molecule has 2 heterocycles. The molecule has 5 nitrogen and oxygen atoms in total. The Hall–Kier alpha value is -1.91. The molecule has 0 atom stereocenters. The Labute approximate surface area is 120 Å². The molecule has 0 aliphatic heterocycles. The molecule has 0 aliphatic rings. The summed E-state index contributed by atoms with van der Waals surface area (Å²) in [4.78, 5) is 13.3. The van der Waals surface area contributed by atoms with E-state index >= 15 is 0 Å². The third-order valence-electron chi connectivity index (χ3n) is 3.24. The van der Waals surface area contributed by atoms with E-state index in [0.29, 0.717) is 0 Å². The summed E-state index contributed by atoms with van der Waals surface area (Å²) >= 11 is 0. The first-order valence-corrected chi connectivity index (χ1v) is 7.42. The first-order chi connectivity index (χ1) is 9.81. The number of anilines is 1. The minimum Gasteiger partial charge on any atom is -0.370 e. The summed E-state index contributed by atoms with van der Waals surface area (Å²) in [5.74, 6) is 2.94. The second-order valence-electron chi connectivity index (χ2n) is 4.77. The van der Waals surface area contributed by atoms with Crippen molar-refractivity contribution >= 4 is 5.82 Å². The second-order valence-corrected chi connectivity index (χ2v) is 4.77. The molecule has 2 aromatic heterocycles. The maximum absolute atomic E-state index is 4.48. The molecule has 0 spiro atoms. The fraction of sp³-hybridized carbons (Fsp3) is 0.533. The summed E-state index contributed by atoms with van der Waals surface area (Å²) in [7, 11) is 0. The van der Waals surface area contributed by atoms with E-state index in [0.717, 1.165) is 55.3 Å². The van der Waals surface area contributed by atoms with Crippen LogP contribution in [0.1, 0.15) is 45.0 Å². The Morgan fingerprint density at radius 3 is 2.65 bits per heavy atom. The average molecular weight is 273 g/mol. The minimum absolute atomic E-state index is 0.895. The van der Waals surface area contributed by atoms with Gasteiger partial charge >= 0.3 is 0 Å². The van der Waals surface area contributed by atoms with Gasteiger partial charge < -0.3 is 5.32 Å². The number of aryl methyl sites for hydroxylation is 1. The molecule has 1 N–H and O–H groups in total. The van der Waals surface area contributed by atoms with Crippen LogP contribution in [0, 0.1) is 0 Å². The molecule has 5 heteroatoms. The number of hydrogen-bond donors (Lipinski definition) is 1. The van der Waals surface area contributed by atoms with Crippen LogP contribution in [0.3, 0.4) is 0 Å². The Balaban J connectivity index is 2.42. The van der Waals surface area contributed by atoms with Gasteiger partial charge in [-0.1, -0.05) is 20.8 Å². The van der Waals surface area contributed by atoms with E-state index in [1.165, 1.54) is 0 Å². The van der Waals surface area contributed by atoms with Crippen molar-refractivity contribution < 1.29 is 0 Å². The van der Waals surface area contributed by atoms with E-state index in [4.69, 9.17) is 0 Å². The van der Waals surface area contributed by atoms with Crippen LogP contribution in [0.15, 0.2) is 18.7 Å². The standard InChI is InChI=1S/C15H23N5/c1-4-7-13-16-9-10-20(13)15-12(6-3)14(17-8-5-2)18-11-19-15/h9-11H,4-8H2,1-3H3,(H,17,18,19). The second kappa shape index (κ2) is 7.03. The van der Waals surface area contributed by atoms with E-state index < -0.39 is 0 Å². The number of nitrogens with one attached hydrogen (secondary N) is 1. The average Bonchev–Trinajstić information content (AvgIpc) is 2.93. The fourth-order valence-electron chi connectivity index (χ4n) is 2.27. The molecule has 2 aromatic rings. The summed E-state index contributed by atoms with van der Waals surface area (Å²) < 4.78 is 2.08. The van der Waals surface area contributed by atoms with Crippen LogP contribution in [-0.2, 0) is 12.8 Å². The van der Waals surface area contributed by atoms with E-state index in [1.54, 1.807) is 6.33 Å². The molecule has 0 saturated heterocycles. The predicted molar refractivity (Wildman–Crippen MR) is 81.3 cm³/mol. The van der Waals surface area contributed by atoms with Crippen LogP contribution in [0.5, 0.6) is 0 Å². The number of hydrogen-bond acceptors (Lipinski definition) is 4. The molecule has 0 aliphatic carbocycles. The van der Waals surface area contributed by atoms with E-state index in [2.05, 4.69) is 45.6 Å². The van der Waals surface area contributed by atoms with Gasteiger partial charge in [0.15, 0.2) is 0 Å². The Morgan fingerprint density at radius 1 is 1.10 bits per heavy atom. The van der Waals surface area contributed by atoms with Crippen LogP contribution in [0.2, 0.25) is 0 Å². The van der Waals surface area contributed by atoms with Crippen molar-refractivity contribution in [2.75, 3.05) is 11.9 Å². The van der Waals surface area contributed by atoms with Gasteiger partial charge in [-0.3, -0.25) is 4.57 Å².